The van der Waals surface area contributed by atoms with Gasteiger partial charge in [-0.25, -0.2) is 4.79 Å². The number of aromatic nitrogens is 2. The van der Waals surface area contributed by atoms with Gasteiger partial charge in [0.2, 0.25) is 5.91 Å². The number of nitrogens with one attached hydrogen (secondary N) is 1. The van der Waals surface area contributed by atoms with Crippen molar-refractivity contribution in [2.24, 2.45) is 0 Å². The standard InChI is InChI=1S/C18H31N3O4Si/c1-12-10-20(17(24)19-16(12)23)15-9-8-14(21(15)13(2)22)11-25-26(6,7)18(3,4)5/h10,14-15H,8-9,11H2,1-7H3,(H,19,23,24)/t14-,15+/m0/s1. The van der Waals surface area contributed by atoms with Crippen molar-refractivity contribution in [1.82, 2.24) is 14.5 Å². The van der Waals surface area contributed by atoms with Crippen LogP contribution in [0.15, 0.2) is 15.8 Å². The lowest BCUT2D eigenvalue weighted by atomic mass is 10.2. The van der Waals surface area contributed by atoms with Gasteiger partial charge in [-0.15, -0.1) is 0 Å². The number of rotatable bonds is 4. The van der Waals surface area contributed by atoms with E-state index in [-0.39, 0.29) is 23.2 Å². The summed E-state index contributed by atoms with van der Waals surface area (Å²) in [6, 6.07) is -0.0641. The number of likely N-dealkylation sites (tertiary alicyclic amines) is 1. The van der Waals surface area contributed by atoms with Gasteiger partial charge in [0, 0.05) is 18.7 Å². The molecule has 8 heteroatoms. The van der Waals surface area contributed by atoms with E-state index >= 15 is 0 Å². The Bertz CT molecular complexity index is 791. The summed E-state index contributed by atoms with van der Waals surface area (Å²) in [5.74, 6) is -0.0907. The molecule has 0 aromatic carbocycles. The summed E-state index contributed by atoms with van der Waals surface area (Å²) in [6.07, 6.45) is 2.59. The van der Waals surface area contributed by atoms with Crippen molar-refractivity contribution in [3.05, 3.63) is 32.6 Å². The first-order valence-corrected chi connectivity index (χ1v) is 12.0. The van der Waals surface area contributed by atoms with Crippen LogP contribution in [0.4, 0.5) is 0 Å². The first-order chi connectivity index (χ1) is 11.8. The topological polar surface area (TPSA) is 84.4 Å². The number of hydrogen-bond acceptors (Lipinski definition) is 4. The molecule has 0 spiro atoms. The molecule has 1 saturated heterocycles. The van der Waals surface area contributed by atoms with Crippen LogP contribution in [0.5, 0.6) is 0 Å². The third-order valence-corrected chi connectivity index (χ3v) is 10.2. The zero-order valence-corrected chi connectivity index (χ0v) is 17.9. The molecule has 26 heavy (non-hydrogen) atoms. The molecule has 2 atom stereocenters. The van der Waals surface area contributed by atoms with E-state index in [1.165, 1.54) is 11.5 Å². The average Bonchev–Trinajstić information content (AvgIpc) is 2.91. The fourth-order valence-corrected chi connectivity index (χ4v) is 4.14. The monoisotopic (exact) mass is 381 g/mol. The quantitative estimate of drug-likeness (QED) is 0.812. The Morgan fingerprint density at radius 3 is 2.46 bits per heavy atom. The minimum absolute atomic E-state index is 0.0641. The smallest absolute Gasteiger partial charge is 0.330 e. The second-order valence-electron chi connectivity index (χ2n) is 8.69. The number of nitrogens with zero attached hydrogens (tertiary/aromatic N) is 2. The molecule has 0 radical (unpaired) electrons. The summed E-state index contributed by atoms with van der Waals surface area (Å²) in [6.45, 7) is 14.6. The number of H-pyrrole nitrogens is 1. The average molecular weight is 382 g/mol. The van der Waals surface area contributed by atoms with Crippen LogP contribution in [0.3, 0.4) is 0 Å². The molecule has 0 bridgehead atoms. The summed E-state index contributed by atoms with van der Waals surface area (Å²) < 4.78 is 7.78. The van der Waals surface area contributed by atoms with E-state index in [1.807, 2.05) is 0 Å². The van der Waals surface area contributed by atoms with Gasteiger partial charge in [-0.1, -0.05) is 20.8 Å². The number of carbonyl (C=O) groups excluding carboxylic acids is 1. The molecule has 0 unspecified atom stereocenters. The fourth-order valence-electron chi connectivity index (χ4n) is 3.10. The zero-order chi connectivity index (χ0) is 19.9. The second-order valence-corrected chi connectivity index (χ2v) is 13.5. The first kappa shape index (κ1) is 20.6. The van der Waals surface area contributed by atoms with Crippen LogP contribution in [-0.2, 0) is 9.22 Å². The largest absolute Gasteiger partial charge is 0.415 e. The van der Waals surface area contributed by atoms with Crippen LogP contribution >= 0.6 is 0 Å². The zero-order valence-electron chi connectivity index (χ0n) is 16.9. The number of hydrogen-bond donors (Lipinski definition) is 1. The van der Waals surface area contributed by atoms with Crippen LogP contribution in [0, 0.1) is 6.92 Å². The SMILES string of the molecule is CC(=O)N1[C@H](CO[Si](C)(C)C(C)(C)C)CC[C@@H]1n1cc(C)c(=O)[nH]c1=O. The van der Waals surface area contributed by atoms with Crippen molar-refractivity contribution in [1.29, 1.82) is 0 Å². The molecule has 0 aliphatic carbocycles. The molecular weight excluding hydrogens is 350 g/mol. The molecule has 1 aliphatic rings. The first-order valence-electron chi connectivity index (χ1n) is 9.10. The predicted octanol–water partition coefficient (Wildman–Crippen LogP) is 2.38. The highest BCUT2D eigenvalue weighted by Crippen LogP contribution is 2.38. The minimum atomic E-state index is -1.92. The summed E-state index contributed by atoms with van der Waals surface area (Å²) in [5, 5.41) is 0.0963. The van der Waals surface area contributed by atoms with E-state index in [2.05, 4.69) is 38.8 Å². The van der Waals surface area contributed by atoms with Crippen molar-refractivity contribution >= 4 is 14.2 Å². The Morgan fingerprint density at radius 2 is 1.92 bits per heavy atom. The Labute approximate surface area is 155 Å². The van der Waals surface area contributed by atoms with Crippen LogP contribution in [0.25, 0.3) is 0 Å². The van der Waals surface area contributed by atoms with Gasteiger partial charge in [-0.3, -0.25) is 19.1 Å². The lowest BCUT2D eigenvalue weighted by Gasteiger charge is -2.38. The third-order valence-electron chi connectivity index (χ3n) is 5.75. The maximum Gasteiger partial charge on any atom is 0.330 e. The van der Waals surface area contributed by atoms with Crippen LogP contribution in [0.2, 0.25) is 18.1 Å². The van der Waals surface area contributed by atoms with E-state index < -0.39 is 19.6 Å². The summed E-state index contributed by atoms with van der Waals surface area (Å²) in [4.78, 5) is 40.2. The molecule has 2 rings (SSSR count). The van der Waals surface area contributed by atoms with Crippen LogP contribution in [0.1, 0.15) is 52.3 Å². The number of aryl methyl sites for hydroxylation is 1. The normalized spacial score (nSPS) is 21.3. The molecular formula is C18H31N3O4Si. The molecule has 1 aliphatic heterocycles. The summed E-state index contributed by atoms with van der Waals surface area (Å²) in [7, 11) is -1.92. The molecule has 1 aromatic heterocycles. The van der Waals surface area contributed by atoms with Crippen LogP contribution < -0.4 is 11.2 Å². The summed E-state index contributed by atoms with van der Waals surface area (Å²) >= 11 is 0. The maximum absolute atomic E-state index is 12.3. The van der Waals surface area contributed by atoms with E-state index in [0.29, 0.717) is 18.6 Å². The van der Waals surface area contributed by atoms with Crippen molar-refractivity contribution < 1.29 is 9.22 Å². The van der Waals surface area contributed by atoms with Gasteiger partial charge in [0.05, 0.1) is 12.6 Å². The number of aromatic amines is 1. The molecule has 1 amide bonds. The van der Waals surface area contributed by atoms with Crippen molar-refractivity contribution in [3.8, 4) is 0 Å². The lowest BCUT2D eigenvalue weighted by molar-refractivity contribution is -0.134. The number of amides is 1. The van der Waals surface area contributed by atoms with Gasteiger partial charge in [0.15, 0.2) is 8.32 Å². The van der Waals surface area contributed by atoms with Crippen LogP contribution in [-0.4, -0.2) is 41.3 Å². The molecule has 146 valence electrons. The number of carbonyl (C=O) groups is 1. The predicted molar refractivity (Wildman–Crippen MR) is 104 cm³/mol. The Hall–Kier alpha value is -1.67. The Kier molecular flexibility index (Phi) is 5.68. The highest BCUT2D eigenvalue weighted by Gasteiger charge is 2.41. The molecule has 1 N–H and O–H groups in total. The molecule has 0 saturated carbocycles. The maximum atomic E-state index is 12.3. The van der Waals surface area contributed by atoms with E-state index in [4.69, 9.17) is 4.43 Å². The van der Waals surface area contributed by atoms with E-state index in [9.17, 15) is 14.4 Å². The van der Waals surface area contributed by atoms with Crippen molar-refractivity contribution in [3.63, 3.8) is 0 Å². The van der Waals surface area contributed by atoms with Gasteiger partial charge >= 0.3 is 5.69 Å². The second kappa shape index (κ2) is 7.15. The Balaban J connectivity index is 2.26. The van der Waals surface area contributed by atoms with E-state index in [0.717, 1.165) is 6.42 Å². The molecule has 1 aromatic rings. The van der Waals surface area contributed by atoms with Gasteiger partial charge < -0.3 is 9.33 Å². The van der Waals surface area contributed by atoms with Gasteiger partial charge in [0.25, 0.3) is 5.56 Å². The lowest BCUT2D eigenvalue weighted by Crippen LogP contribution is -2.47. The molecule has 7 nitrogen and oxygen atoms in total. The van der Waals surface area contributed by atoms with Gasteiger partial charge in [0.1, 0.15) is 6.17 Å². The van der Waals surface area contributed by atoms with Crippen molar-refractivity contribution in [2.45, 2.75) is 77.8 Å². The third kappa shape index (κ3) is 4.01. The summed E-state index contributed by atoms with van der Waals surface area (Å²) in [5.41, 5.74) is -0.423. The van der Waals surface area contributed by atoms with E-state index in [1.54, 1.807) is 18.0 Å². The molecule has 2 heterocycles. The van der Waals surface area contributed by atoms with Crippen molar-refractivity contribution in [2.75, 3.05) is 6.61 Å². The fraction of sp³-hybridized carbons (Fsp3) is 0.722. The molecule has 1 fully saturated rings. The highest BCUT2D eigenvalue weighted by atomic mass is 28.4. The van der Waals surface area contributed by atoms with Gasteiger partial charge in [-0.2, -0.15) is 0 Å². The Morgan fingerprint density at radius 1 is 1.31 bits per heavy atom. The van der Waals surface area contributed by atoms with Gasteiger partial charge in [-0.05, 0) is 37.9 Å². The minimum Gasteiger partial charge on any atom is -0.415 e. The highest BCUT2D eigenvalue weighted by molar-refractivity contribution is 6.74.